The molecule has 0 aromatic heterocycles. The molecular formula is C26H23NO. The van der Waals surface area contributed by atoms with Crippen LogP contribution in [-0.4, -0.2) is 5.91 Å². The molecule has 0 spiro atoms. The number of carbonyl (C=O) groups is 1. The highest BCUT2D eigenvalue weighted by Gasteiger charge is 2.30. The first kappa shape index (κ1) is 17.0. The Kier molecular flexibility index (Phi) is 4.12. The molecule has 1 N–H and O–H groups in total. The molecule has 0 saturated carbocycles. The minimum atomic E-state index is 0.0354. The topological polar surface area (TPSA) is 29.1 Å². The van der Waals surface area contributed by atoms with E-state index in [-0.39, 0.29) is 11.9 Å². The van der Waals surface area contributed by atoms with Gasteiger partial charge in [0.2, 0.25) is 5.91 Å². The van der Waals surface area contributed by atoms with Crippen LogP contribution in [0, 0.1) is 0 Å². The molecule has 4 aromatic rings. The first-order valence-electron chi connectivity index (χ1n) is 9.98. The summed E-state index contributed by atoms with van der Waals surface area (Å²) in [5.74, 6) is 0.379. The zero-order valence-corrected chi connectivity index (χ0v) is 16.0. The number of hydrogen-bond acceptors (Lipinski definition) is 1. The van der Waals surface area contributed by atoms with Gasteiger partial charge in [0.15, 0.2) is 0 Å². The van der Waals surface area contributed by atoms with Crippen LogP contribution in [0.1, 0.15) is 48.4 Å². The number of rotatable bonds is 2. The Morgan fingerprint density at radius 1 is 0.821 bits per heavy atom. The maximum Gasteiger partial charge on any atom is 0.217 e. The van der Waals surface area contributed by atoms with Crippen molar-refractivity contribution in [3.63, 3.8) is 0 Å². The van der Waals surface area contributed by atoms with Gasteiger partial charge >= 0.3 is 0 Å². The lowest BCUT2D eigenvalue weighted by molar-refractivity contribution is -0.119. The van der Waals surface area contributed by atoms with Crippen molar-refractivity contribution < 1.29 is 4.79 Å². The van der Waals surface area contributed by atoms with Gasteiger partial charge in [-0.2, -0.15) is 0 Å². The molecule has 1 amide bonds. The van der Waals surface area contributed by atoms with E-state index >= 15 is 0 Å². The Morgan fingerprint density at radius 2 is 1.54 bits per heavy atom. The van der Waals surface area contributed by atoms with E-state index in [2.05, 4.69) is 84.2 Å². The quantitative estimate of drug-likeness (QED) is 0.457. The summed E-state index contributed by atoms with van der Waals surface area (Å²) in [6.45, 7) is 1.61. The second kappa shape index (κ2) is 6.79. The number of carbonyl (C=O) groups excluding carboxylic acids is 1. The third-order valence-electron chi connectivity index (χ3n) is 6.03. The van der Waals surface area contributed by atoms with Gasteiger partial charge in [-0.1, -0.05) is 78.9 Å². The monoisotopic (exact) mass is 365 g/mol. The molecule has 4 aromatic carbocycles. The average molecular weight is 365 g/mol. The molecule has 0 saturated heterocycles. The van der Waals surface area contributed by atoms with Crippen LogP contribution in [-0.2, 0) is 4.79 Å². The van der Waals surface area contributed by atoms with Crippen LogP contribution in [0.2, 0.25) is 0 Å². The molecule has 1 aliphatic rings. The molecule has 0 bridgehead atoms. The van der Waals surface area contributed by atoms with Crippen molar-refractivity contribution in [1.29, 1.82) is 0 Å². The number of benzene rings is 4. The molecule has 28 heavy (non-hydrogen) atoms. The van der Waals surface area contributed by atoms with Crippen LogP contribution in [0.15, 0.2) is 78.9 Å². The lowest BCUT2D eigenvalue weighted by Crippen LogP contribution is -2.30. The predicted octanol–water partition coefficient (Wildman–Crippen LogP) is 6.10. The van der Waals surface area contributed by atoms with Gasteiger partial charge in [-0.05, 0) is 51.1 Å². The molecule has 138 valence electrons. The van der Waals surface area contributed by atoms with Gasteiger partial charge in [0.1, 0.15) is 0 Å². The molecule has 0 radical (unpaired) electrons. The van der Waals surface area contributed by atoms with Crippen molar-refractivity contribution in [2.45, 2.75) is 31.7 Å². The highest BCUT2D eigenvalue weighted by Crippen LogP contribution is 2.45. The highest BCUT2D eigenvalue weighted by atomic mass is 16.1. The molecule has 0 aliphatic heterocycles. The van der Waals surface area contributed by atoms with Crippen LogP contribution >= 0.6 is 0 Å². The Hall–Kier alpha value is -3.13. The standard InChI is InChI=1S/C26H23NO/c1-17(28)27-25-15-14-23(21-11-10-18-6-2-3-8-20(18)16-21)26-22-9-5-4-7-19(22)12-13-24(25)26/h2-13,16,23,25H,14-15H2,1H3,(H,27,28)/t23-,25-/m0/s1. The normalized spacial score (nSPS) is 18.8. The van der Waals surface area contributed by atoms with E-state index in [1.165, 1.54) is 38.2 Å². The van der Waals surface area contributed by atoms with E-state index in [0.29, 0.717) is 5.92 Å². The first-order chi connectivity index (χ1) is 13.7. The fraction of sp³-hybridized carbons (Fsp3) is 0.192. The summed E-state index contributed by atoms with van der Waals surface area (Å²) in [7, 11) is 0. The molecule has 5 rings (SSSR count). The second-order valence-corrected chi connectivity index (χ2v) is 7.78. The zero-order valence-electron chi connectivity index (χ0n) is 16.0. The third-order valence-corrected chi connectivity index (χ3v) is 6.03. The minimum absolute atomic E-state index is 0.0354. The molecule has 1 aliphatic carbocycles. The predicted molar refractivity (Wildman–Crippen MR) is 116 cm³/mol. The van der Waals surface area contributed by atoms with Gasteiger partial charge in [-0.15, -0.1) is 0 Å². The Balaban J connectivity index is 1.71. The summed E-state index contributed by atoms with van der Waals surface area (Å²) < 4.78 is 0. The van der Waals surface area contributed by atoms with E-state index < -0.39 is 0 Å². The van der Waals surface area contributed by atoms with Gasteiger partial charge in [0.25, 0.3) is 0 Å². The first-order valence-corrected chi connectivity index (χ1v) is 9.98. The highest BCUT2D eigenvalue weighted by molar-refractivity contribution is 5.89. The van der Waals surface area contributed by atoms with Crippen molar-refractivity contribution in [3.8, 4) is 0 Å². The summed E-state index contributed by atoms with van der Waals surface area (Å²) in [4.78, 5) is 11.8. The van der Waals surface area contributed by atoms with Crippen LogP contribution in [0.5, 0.6) is 0 Å². The number of hydrogen-bond donors (Lipinski definition) is 1. The maximum atomic E-state index is 11.8. The van der Waals surface area contributed by atoms with Crippen molar-refractivity contribution >= 4 is 27.5 Å². The van der Waals surface area contributed by atoms with E-state index in [4.69, 9.17) is 0 Å². The van der Waals surface area contributed by atoms with Gasteiger partial charge in [-0.25, -0.2) is 0 Å². The van der Waals surface area contributed by atoms with Gasteiger partial charge in [0, 0.05) is 12.8 Å². The van der Waals surface area contributed by atoms with Crippen molar-refractivity contribution in [2.24, 2.45) is 0 Å². The second-order valence-electron chi connectivity index (χ2n) is 7.78. The summed E-state index contributed by atoms with van der Waals surface area (Å²) in [5, 5.41) is 8.28. The molecular weight excluding hydrogens is 342 g/mol. The van der Waals surface area contributed by atoms with E-state index in [1.54, 1.807) is 6.92 Å². The smallest absolute Gasteiger partial charge is 0.217 e. The van der Waals surface area contributed by atoms with E-state index in [0.717, 1.165) is 12.8 Å². The van der Waals surface area contributed by atoms with Gasteiger partial charge in [-0.3, -0.25) is 4.79 Å². The lowest BCUT2D eigenvalue weighted by Gasteiger charge is -2.33. The van der Waals surface area contributed by atoms with Gasteiger partial charge < -0.3 is 5.32 Å². The summed E-state index contributed by atoms with van der Waals surface area (Å²) >= 11 is 0. The maximum absolute atomic E-state index is 11.8. The molecule has 2 atom stereocenters. The number of amides is 1. The fourth-order valence-corrected chi connectivity index (χ4v) is 4.79. The SMILES string of the molecule is CC(=O)N[C@H]1CC[C@@H](c2ccc3ccccc3c2)c2c1ccc1ccccc21. The van der Waals surface area contributed by atoms with Crippen molar-refractivity contribution in [1.82, 2.24) is 5.32 Å². The van der Waals surface area contributed by atoms with Crippen LogP contribution in [0.4, 0.5) is 0 Å². The summed E-state index contributed by atoms with van der Waals surface area (Å²) in [6.07, 6.45) is 1.99. The largest absolute Gasteiger partial charge is 0.350 e. The molecule has 2 heteroatoms. The van der Waals surface area contributed by atoms with Gasteiger partial charge in [0.05, 0.1) is 6.04 Å². The fourth-order valence-electron chi connectivity index (χ4n) is 4.79. The average Bonchev–Trinajstić information content (AvgIpc) is 2.73. The molecule has 0 unspecified atom stereocenters. The van der Waals surface area contributed by atoms with Crippen molar-refractivity contribution in [3.05, 3.63) is 95.6 Å². The number of fused-ring (bicyclic) bond motifs is 4. The Morgan fingerprint density at radius 3 is 2.36 bits per heavy atom. The van der Waals surface area contributed by atoms with Crippen LogP contribution < -0.4 is 5.32 Å². The molecule has 0 heterocycles. The molecule has 0 fully saturated rings. The minimum Gasteiger partial charge on any atom is -0.350 e. The Labute approximate surface area is 165 Å². The summed E-state index contributed by atoms with van der Waals surface area (Å²) in [6, 6.07) is 28.5. The van der Waals surface area contributed by atoms with Crippen LogP contribution in [0.3, 0.4) is 0 Å². The van der Waals surface area contributed by atoms with Crippen molar-refractivity contribution in [2.75, 3.05) is 0 Å². The van der Waals surface area contributed by atoms with E-state index in [1.807, 2.05) is 0 Å². The zero-order chi connectivity index (χ0) is 19.1. The Bertz CT molecular complexity index is 1190. The van der Waals surface area contributed by atoms with E-state index in [9.17, 15) is 4.79 Å². The number of nitrogens with one attached hydrogen (secondary N) is 1. The molecule has 2 nitrogen and oxygen atoms in total. The third kappa shape index (κ3) is 2.86. The summed E-state index contributed by atoms with van der Waals surface area (Å²) in [5.41, 5.74) is 3.99. The van der Waals surface area contributed by atoms with Crippen LogP contribution in [0.25, 0.3) is 21.5 Å². The lowest BCUT2D eigenvalue weighted by atomic mass is 9.74.